The zero-order valence-electron chi connectivity index (χ0n) is 5.29. The van der Waals surface area contributed by atoms with Crippen molar-refractivity contribution in [3.63, 3.8) is 0 Å². The first-order valence-electron chi connectivity index (χ1n) is 2.61. The third-order valence-corrected chi connectivity index (χ3v) is 2.33. The summed E-state index contributed by atoms with van der Waals surface area (Å²) >= 11 is 4.62. The highest BCUT2D eigenvalue weighted by molar-refractivity contribution is 8.32. The molecule has 0 fully saturated rings. The standard InChI is InChI=1S/C5H9NOS2/c1-9(7,8)5-3-2-4-6/h2-3,5H2,1H3. The summed E-state index contributed by atoms with van der Waals surface area (Å²) in [5.41, 5.74) is 0. The van der Waals surface area contributed by atoms with Gasteiger partial charge in [-0.15, -0.1) is 0 Å². The largest absolute Gasteiger partial charge is 0.257 e. The van der Waals surface area contributed by atoms with Crippen LogP contribution in [0.3, 0.4) is 0 Å². The molecule has 0 N–H and O–H groups in total. The average molecular weight is 163 g/mol. The lowest BCUT2D eigenvalue weighted by Gasteiger charge is -1.93. The average Bonchev–Trinajstić information content (AvgIpc) is 1.63. The number of nitriles is 1. The van der Waals surface area contributed by atoms with Crippen molar-refractivity contribution >= 4 is 19.7 Å². The van der Waals surface area contributed by atoms with Crippen molar-refractivity contribution < 1.29 is 4.21 Å². The molecule has 52 valence electrons. The van der Waals surface area contributed by atoms with Crippen LogP contribution in [0.1, 0.15) is 12.8 Å². The van der Waals surface area contributed by atoms with E-state index in [1.54, 1.807) is 6.26 Å². The summed E-state index contributed by atoms with van der Waals surface area (Å²) in [5, 5.41) is 8.09. The van der Waals surface area contributed by atoms with Gasteiger partial charge >= 0.3 is 0 Å². The third kappa shape index (κ3) is 7.86. The summed E-state index contributed by atoms with van der Waals surface area (Å²) in [7, 11) is -2.01. The number of rotatable bonds is 3. The highest BCUT2D eigenvalue weighted by Gasteiger charge is 1.95. The molecular weight excluding hydrogens is 154 g/mol. The van der Waals surface area contributed by atoms with E-state index < -0.39 is 8.49 Å². The van der Waals surface area contributed by atoms with Crippen molar-refractivity contribution in [3.8, 4) is 6.07 Å². The molecule has 0 rings (SSSR count). The summed E-state index contributed by atoms with van der Waals surface area (Å²) in [6.45, 7) is 0. The SMILES string of the molecule is CS(=O)(=S)CCCC#N. The van der Waals surface area contributed by atoms with E-state index in [0.29, 0.717) is 18.6 Å². The molecule has 0 aliphatic heterocycles. The van der Waals surface area contributed by atoms with E-state index in [2.05, 4.69) is 11.2 Å². The summed E-state index contributed by atoms with van der Waals surface area (Å²) < 4.78 is 10.8. The number of hydrogen-bond acceptors (Lipinski definition) is 3. The number of nitrogens with zero attached hydrogens (tertiary/aromatic N) is 1. The van der Waals surface area contributed by atoms with Crippen LogP contribution in [0, 0.1) is 11.3 Å². The van der Waals surface area contributed by atoms with Gasteiger partial charge in [-0.3, -0.25) is 4.21 Å². The van der Waals surface area contributed by atoms with E-state index in [0.717, 1.165) is 0 Å². The first-order chi connectivity index (χ1) is 4.06. The molecule has 1 atom stereocenters. The van der Waals surface area contributed by atoms with Crippen LogP contribution in [-0.2, 0) is 19.7 Å². The van der Waals surface area contributed by atoms with E-state index in [-0.39, 0.29) is 0 Å². The Balaban J connectivity index is 3.44. The van der Waals surface area contributed by atoms with Crippen LogP contribution >= 0.6 is 0 Å². The van der Waals surface area contributed by atoms with Gasteiger partial charge in [0.2, 0.25) is 0 Å². The molecule has 2 nitrogen and oxygen atoms in total. The van der Waals surface area contributed by atoms with Crippen molar-refractivity contribution in [2.75, 3.05) is 12.0 Å². The van der Waals surface area contributed by atoms with Gasteiger partial charge in [0.05, 0.1) is 6.07 Å². The molecule has 0 heterocycles. The van der Waals surface area contributed by atoms with Gasteiger partial charge < -0.3 is 0 Å². The van der Waals surface area contributed by atoms with Gasteiger partial charge in [0.15, 0.2) is 0 Å². The van der Waals surface area contributed by atoms with Crippen LogP contribution in [0.25, 0.3) is 0 Å². The van der Waals surface area contributed by atoms with Crippen molar-refractivity contribution in [3.05, 3.63) is 0 Å². The van der Waals surface area contributed by atoms with Gasteiger partial charge in [-0.25, -0.2) is 0 Å². The first-order valence-corrected chi connectivity index (χ1v) is 5.67. The highest BCUT2D eigenvalue weighted by Crippen LogP contribution is 1.92. The maximum Gasteiger partial charge on any atom is 0.0622 e. The topological polar surface area (TPSA) is 40.9 Å². The Kier molecular flexibility index (Phi) is 3.75. The Hall–Kier alpha value is -0.140. The second-order valence-corrected chi connectivity index (χ2v) is 6.27. The van der Waals surface area contributed by atoms with Gasteiger partial charge in [-0.1, -0.05) is 0 Å². The van der Waals surface area contributed by atoms with Crippen LogP contribution < -0.4 is 0 Å². The molecule has 4 heteroatoms. The van der Waals surface area contributed by atoms with E-state index in [1.165, 1.54) is 0 Å². The quantitative estimate of drug-likeness (QED) is 0.574. The van der Waals surface area contributed by atoms with Crippen LogP contribution in [0.4, 0.5) is 0 Å². The fraction of sp³-hybridized carbons (Fsp3) is 0.800. The van der Waals surface area contributed by atoms with Crippen LogP contribution in [0.15, 0.2) is 0 Å². The Labute approximate surface area is 60.5 Å². The Morgan fingerprint density at radius 3 is 2.67 bits per heavy atom. The minimum atomic E-state index is -2.01. The summed E-state index contributed by atoms with van der Waals surface area (Å²) in [6.07, 6.45) is 2.66. The molecule has 0 aromatic rings. The van der Waals surface area contributed by atoms with E-state index in [4.69, 9.17) is 5.26 Å². The van der Waals surface area contributed by atoms with E-state index in [1.807, 2.05) is 6.07 Å². The maximum atomic E-state index is 10.8. The first kappa shape index (κ1) is 8.86. The normalized spacial score (nSPS) is 16.0. The molecule has 9 heavy (non-hydrogen) atoms. The van der Waals surface area contributed by atoms with E-state index >= 15 is 0 Å². The molecule has 0 aromatic carbocycles. The molecule has 0 saturated carbocycles. The molecular formula is C5H9NOS2. The minimum absolute atomic E-state index is 0.460. The van der Waals surface area contributed by atoms with Crippen molar-refractivity contribution in [1.29, 1.82) is 5.26 Å². The molecule has 0 amide bonds. The molecule has 0 saturated heterocycles. The fourth-order valence-corrected chi connectivity index (χ4v) is 1.44. The molecule has 0 spiro atoms. The summed E-state index contributed by atoms with van der Waals surface area (Å²) in [4.78, 5) is 0. The Bertz CT molecular complexity index is 199. The number of unbranched alkanes of at least 4 members (excludes halogenated alkanes) is 1. The minimum Gasteiger partial charge on any atom is -0.257 e. The second-order valence-electron chi connectivity index (χ2n) is 1.89. The Morgan fingerprint density at radius 1 is 1.78 bits per heavy atom. The Morgan fingerprint density at radius 2 is 2.33 bits per heavy atom. The van der Waals surface area contributed by atoms with Crippen LogP contribution in [0.5, 0.6) is 0 Å². The van der Waals surface area contributed by atoms with Crippen molar-refractivity contribution in [2.45, 2.75) is 12.8 Å². The molecule has 0 aliphatic carbocycles. The molecule has 0 radical (unpaired) electrons. The molecule has 1 unspecified atom stereocenters. The molecule has 0 aliphatic rings. The lowest BCUT2D eigenvalue weighted by Crippen LogP contribution is -1.99. The lowest BCUT2D eigenvalue weighted by atomic mass is 10.4. The van der Waals surface area contributed by atoms with Crippen molar-refractivity contribution in [1.82, 2.24) is 0 Å². The summed E-state index contributed by atoms with van der Waals surface area (Å²) in [5.74, 6) is 0.496. The predicted octanol–water partition coefficient (Wildman–Crippen LogP) is 0.666. The predicted molar refractivity (Wildman–Crippen MR) is 41.1 cm³/mol. The van der Waals surface area contributed by atoms with Gasteiger partial charge in [0.1, 0.15) is 0 Å². The highest BCUT2D eigenvalue weighted by atomic mass is 32.8. The van der Waals surface area contributed by atoms with Crippen LogP contribution in [-0.4, -0.2) is 16.2 Å². The third-order valence-electron chi connectivity index (χ3n) is 0.804. The van der Waals surface area contributed by atoms with Gasteiger partial charge in [0, 0.05) is 26.9 Å². The van der Waals surface area contributed by atoms with Crippen molar-refractivity contribution in [2.24, 2.45) is 0 Å². The molecule has 0 aromatic heterocycles. The zero-order valence-corrected chi connectivity index (χ0v) is 6.93. The van der Waals surface area contributed by atoms with Gasteiger partial charge in [-0.2, -0.15) is 5.26 Å². The van der Waals surface area contributed by atoms with Gasteiger partial charge in [-0.05, 0) is 17.6 Å². The van der Waals surface area contributed by atoms with E-state index in [9.17, 15) is 4.21 Å². The monoisotopic (exact) mass is 163 g/mol. The second kappa shape index (κ2) is 3.80. The fourth-order valence-electron chi connectivity index (χ4n) is 0.413. The van der Waals surface area contributed by atoms with Gasteiger partial charge in [0.25, 0.3) is 0 Å². The summed E-state index contributed by atoms with van der Waals surface area (Å²) in [6, 6.07) is 1.97. The molecule has 0 bridgehead atoms. The smallest absolute Gasteiger partial charge is 0.0622 e. The lowest BCUT2D eigenvalue weighted by molar-refractivity contribution is 0.683. The number of hydrogen-bond donors (Lipinski definition) is 0. The van der Waals surface area contributed by atoms with Crippen LogP contribution in [0.2, 0.25) is 0 Å². The zero-order chi connectivity index (χ0) is 7.33. The maximum absolute atomic E-state index is 10.8.